The number of ether oxygens (including phenoxy) is 1. The van der Waals surface area contributed by atoms with E-state index in [1.165, 1.54) is 0 Å². The zero-order valence-corrected chi connectivity index (χ0v) is 9.47. The summed E-state index contributed by atoms with van der Waals surface area (Å²) in [5.74, 6) is 0. The third kappa shape index (κ3) is 1.83. The van der Waals surface area contributed by atoms with Crippen molar-refractivity contribution in [3.05, 3.63) is 16.9 Å². The van der Waals surface area contributed by atoms with Crippen LogP contribution >= 0.6 is 15.9 Å². The van der Waals surface area contributed by atoms with E-state index in [-0.39, 0.29) is 5.54 Å². The van der Waals surface area contributed by atoms with E-state index in [9.17, 15) is 0 Å². The van der Waals surface area contributed by atoms with Gasteiger partial charge < -0.3 is 15.8 Å². The van der Waals surface area contributed by atoms with Crippen LogP contribution in [0.25, 0.3) is 0 Å². The fourth-order valence-corrected chi connectivity index (χ4v) is 1.70. The van der Waals surface area contributed by atoms with Gasteiger partial charge in [-0.1, -0.05) is 0 Å². The topological polar surface area (TPSA) is 60.2 Å². The third-order valence-electron chi connectivity index (χ3n) is 2.18. The Bertz CT molecular complexity index is 352. The minimum Gasteiger partial charge on any atom is -0.397 e. The molecule has 0 bridgehead atoms. The first kappa shape index (κ1) is 9.73. The molecule has 2 rings (SSSR count). The monoisotopic (exact) mass is 257 g/mol. The zero-order valence-electron chi connectivity index (χ0n) is 7.88. The van der Waals surface area contributed by atoms with Crippen LogP contribution in [0.4, 0.5) is 11.4 Å². The maximum absolute atomic E-state index is 5.83. The largest absolute Gasteiger partial charge is 0.397 e. The van der Waals surface area contributed by atoms with Crippen molar-refractivity contribution in [1.82, 2.24) is 4.98 Å². The first-order valence-electron chi connectivity index (χ1n) is 4.36. The molecule has 0 unspecified atom stereocenters. The molecule has 1 aliphatic heterocycles. The summed E-state index contributed by atoms with van der Waals surface area (Å²) in [5, 5.41) is 3.32. The highest BCUT2D eigenvalue weighted by atomic mass is 79.9. The summed E-state index contributed by atoms with van der Waals surface area (Å²) in [7, 11) is 0. The molecule has 0 spiro atoms. The fourth-order valence-electron chi connectivity index (χ4n) is 1.35. The predicted molar refractivity (Wildman–Crippen MR) is 59.2 cm³/mol. The van der Waals surface area contributed by atoms with Gasteiger partial charge in [-0.2, -0.15) is 0 Å². The Balaban J connectivity index is 2.16. The van der Waals surface area contributed by atoms with Crippen molar-refractivity contribution < 1.29 is 4.74 Å². The number of hydrogen-bond acceptors (Lipinski definition) is 4. The smallest absolute Gasteiger partial charge is 0.108 e. The molecule has 0 atom stereocenters. The first-order chi connectivity index (χ1) is 6.59. The van der Waals surface area contributed by atoms with Crippen molar-refractivity contribution in [1.29, 1.82) is 0 Å². The number of rotatable bonds is 2. The normalized spacial score (nSPS) is 18.7. The highest BCUT2D eigenvalue weighted by Gasteiger charge is 2.33. The fraction of sp³-hybridized carbons (Fsp3) is 0.444. The molecule has 0 aromatic carbocycles. The van der Waals surface area contributed by atoms with Crippen molar-refractivity contribution in [2.45, 2.75) is 12.5 Å². The molecule has 14 heavy (non-hydrogen) atoms. The molecule has 1 aromatic rings. The van der Waals surface area contributed by atoms with Crippen LogP contribution in [0.15, 0.2) is 16.9 Å². The SMILES string of the molecule is CC1(Nc2cnc(Br)cc2N)COC1. The van der Waals surface area contributed by atoms with Gasteiger partial charge in [0, 0.05) is 0 Å². The molecule has 5 heteroatoms. The van der Waals surface area contributed by atoms with Gasteiger partial charge in [0.05, 0.1) is 36.3 Å². The molecular formula is C9H12BrN3O. The van der Waals surface area contributed by atoms with E-state index in [1.807, 2.05) is 0 Å². The van der Waals surface area contributed by atoms with Gasteiger partial charge in [0.2, 0.25) is 0 Å². The Morgan fingerprint density at radius 1 is 1.64 bits per heavy atom. The van der Waals surface area contributed by atoms with E-state index >= 15 is 0 Å². The Kier molecular flexibility index (Phi) is 2.36. The Hall–Kier alpha value is -0.810. The van der Waals surface area contributed by atoms with Gasteiger partial charge >= 0.3 is 0 Å². The molecule has 0 saturated carbocycles. The van der Waals surface area contributed by atoms with Crippen molar-refractivity contribution >= 4 is 27.3 Å². The minimum absolute atomic E-state index is 0.00360. The molecular weight excluding hydrogens is 246 g/mol. The average molecular weight is 258 g/mol. The van der Waals surface area contributed by atoms with Gasteiger partial charge in [-0.05, 0) is 28.9 Å². The van der Waals surface area contributed by atoms with Gasteiger partial charge in [-0.15, -0.1) is 0 Å². The summed E-state index contributed by atoms with van der Waals surface area (Å²) in [4.78, 5) is 4.12. The summed E-state index contributed by atoms with van der Waals surface area (Å²) in [6.45, 7) is 3.52. The molecule has 0 aliphatic carbocycles. The molecule has 2 heterocycles. The minimum atomic E-state index is 0.00360. The van der Waals surface area contributed by atoms with E-state index in [1.54, 1.807) is 12.3 Å². The number of nitrogens with one attached hydrogen (secondary N) is 1. The van der Waals surface area contributed by atoms with Crippen LogP contribution in [0.3, 0.4) is 0 Å². The second-order valence-corrected chi connectivity index (χ2v) is 4.59. The standard InChI is InChI=1S/C9H12BrN3O/c1-9(4-14-5-9)13-7-3-12-8(10)2-6(7)11/h2-3,13H,4-5H2,1H3,(H2,11,12). The van der Waals surface area contributed by atoms with Gasteiger partial charge in [-0.3, -0.25) is 0 Å². The number of anilines is 2. The Labute approximate surface area is 91.0 Å². The number of hydrogen-bond donors (Lipinski definition) is 2. The van der Waals surface area contributed by atoms with Crippen LogP contribution in [0.5, 0.6) is 0 Å². The lowest BCUT2D eigenvalue weighted by molar-refractivity contribution is -0.0318. The van der Waals surface area contributed by atoms with Crippen molar-refractivity contribution in [2.24, 2.45) is 0 Å². The maximum Gasteiger partial charge on any atom is 0.108 e. The predicted octanol–water partition coefficient (Wildman–Crippen LogP) is 1.63. The highest BCUT2D eigenvalue weighted by molar-refractivity contribution is 9.10. The number of aromatic nitrogens is 1. The van der Waals surface area contributed by atoms with Crippen LogP contribution in [-0.4, -0.2) is 23.7 Å². The van der Waals surface area contributed by atoms with Gasteiger partial charge in [0.1, 0.15) is 4.60 Å². The van der Waals surface area contributed by atoms with E-state index in [4.69, 9.17) is 10.5 Å². The van der Waals surface area contributed by atoms with E-state index in [2.05, 4.69) is 33.2 Å². The molecule has 1 aromatic heterocycles. The summed E-state index contributed by atoms with van der Waals surface area (Å²) in [6, 6.07) is 1.78. The number of halogens is 1. The summed E-state index contributed by atoms with van der Waals surface area (Å²) < 4.78 is 5.89. The lowest BCUT2D eigenvalue weighted by atomic mass is 10.0. The summed E-state index contributed by atoms with van der Waals surface area (Å²) >= 11 is 3.26. The van der Waals surface area contributed by atoms with Crippen LogP contribution in [0, 0.1) is 0 Å². The van der Waals surface area contributed by atoms with Crippen LogP contribution in [-0.2, 0) is 4.74 Å². The van der Waals surface area contributed by atoms with Crippen LogP contribution < -0.4 is 11.1 Å². The average Bonchev–Trinajstić information content (AvgIpc) is 2.07. The number of pyridine rings is 1. The Morgan fingerprint density at radius 3 is 2.86 bits per heavy atom. The van der Waals surface area contributed by atoms with Gasteiger partial charge in [-0.25, -0.2) is 4.98 Å². The molecule has 0 amide bonds. The molecule has 4 nitrogen and oxygen atoms in total. The molecule has 1 fully saturated rings. The molecule has 0 radical (unpaired) electrons. The molecule has 76 valence electrons. The van der Waals surface area contributed by atoms with Crippen LogP contribution in [0.2, 0.25) is 0 Å². The second-order valence-electron chi connectivity index (χ2n) is 3.77. The Morgan fingerprint density at radius 2 is 2.36 bits per heavy atom. The molecule has 1 aliphatic rings. The number of nitrogens with two attached hydrogens (primary N) is 1. The number of nitrogens with zero attached hydrogens (tertiary/aromatic N) is 1. The summed E-state index contributed by atoms with van der Waals surface area (Å²) in [5.41, 5.74) is 7.39. The third-order valence-corrected chi connectivity index (χ3v) is 2.61. The second kappa shape index (κ2) is 3.40. The number of nitrogen functional groups attached to an aromatic ring is 1. The lowest BCUT2D eigenvalue weighted by Crippen LogP contribution is -2.53. The van der Waals surface area contributed by atoms with Gasteiger partial charge in [0.15, 0.2) is 0 Å². The maximum atomic E-state index is 5.83. The van der Waals surface area contributed by atoms with Crippen molar-refractivity contribution in [3.8, 4) is 0 Å². The summed E-state index contributed by atoms with van der Waals surface area (Å²) in [6.07, 6.45) is 1.73. The van der Waals surface area contributed by atoms with Crippen molar-refractivity contribution in [3.63, 3.8) is 0 Å². The lowest BCUT2D eigenvalue weighted by Gasteiger charge is -2.39. The van der Waals surface area contributed by atoms with E-state index < -0.39 is 0 Å². The van der Waals surface area contributed by atoms with Gasteiger partial charge in [0.25, 0.3) is 0 Å². The zero-order chi connectivity index (χ0) is 10.2. The van der Waals surface area contributed by atoms with E-state index in [0.717, 1.165) is 10.3 Å². The molecule has 3 N–H and O–H groups in total. The first-order valence-corrected chi connectivity index (χ1v) is 5.15. The highest BCUT2D eigenvalue weighted by Crippen LogP contribution is 2.27. The van der Waals surface area contributed by atoms with Crippen LogP contribution in [0.1, 0.15) is 6.92 Å². The molecule has 1 saturated heterocycles. The van der Waals surface area contributed by atoms with Crippen molar-refractivity contribution in [2.75, 3.05) is 24.3 Å². The van der Waals surface area contributed by atoms with E-state index in [0.29, 0.717) is 18.9 Å². The quantitative estimate of drug-likeness (QED) is 0.791.